The number of carbonyl (C=O) groups excluding carboxylic acids is 1. The number of aryl methyl sites for hydroxylation is 1. The molecule has 0 aliphatic carbocycles. The number of halogens is 1. The molecule has 2 heterocycles. The lowest BCUT2D eigenvalue weighted by Crippen LogP contribution is -2.34. The Kier molecular flexibility index (Phi) is 5.21. The minimum Gasteiger partial charge on any atom is -0.326 e. The number of unbranched alkanes of at least 4 members (excludes halogenated alkanes) is 1. The number of carbonyl (C=O) groups is 1. The molecule has 1 N–H and O–H groups in total. The molecule has 1 aliphatic rings. The number of fused-ring (bicyclic) bond motifs is 1. The summed E-state index contributed by atoms with van der Waals surface area (Å²) < 4.78 is 14.5. The van der Waals surface area contributed by atoms with E-state index >= 15 is 0 Å². The van der Waals surface area contributed by atoms with Gasteiger partial charge in [-0.05, 0) is 25.3 Å². The highest BCUT2D eigenvalue weighted by Crippen LogP contribution is 2.41. The van der Waals surface area contributed by atoms with Gasteiger partial charge in [0.25, 0.3) is 5.91 Å². The predicted molar refractivity (Wildman–Crippen MR) is 95.9 cm³/mol. The normalized spacial score (nSPS) is 17.8. The molecule has 1 amide bonds. The third kappa shape index (κ3) is 3.20. The Morgan fingerprint density at radius 3 is 2.76 bits per heavy atom. The van der Waals surface area contributed by atoms with E-state index in [0.29, 0.717) is 23.7 Å². The SMILES string of the molecule is CCCC[C@H](CC)CN1C(=O)c2n[nH]c(C)c2[C@H]1c1ccccc1F. The third-order valence-corrected chi connectivity index (χ3v) is 5.24. The number of H-pyrrole nitrogens is 1. The minimum absolute atomic E-state index is 0.0949. The van der Waals surface area contributed by atoms with Crippen LogP contribution in [0.5, 0.6) is 0 Å². The van der Waals surface area contributed by atoms with E-state index in [1.807, 2.05) is 17.9 Å². The maximum atomic E-state index is 14.5. The van der Waals surface area contributed by atoms with E-state index < -0.39 is 6.04 Å². The van der Waals surface area contributed by atoms with Gasteiger partial charge in [-0.15, -0.1) is 0 Å². The average molecular weight is 343 g/mol. The van der Waals surface area contributed by atoms with Crippen molar-refractivity contribution in [2.45, 2.75) is 52.5 Å². The Balaban J connectivity index is 1.98. The van der Waals surface area contributed by atoms with Gasteiger partial charge < -0.3 is 4.90 Å². The van der Waals surface area contributed by atoms with Gasteiger partial charge in [0.2, 0.25) is 0 Å². The van der Waals surface area contributed by atoms with E-state index in [1.54, 1.807) is 12.1 Å². The number of rotatable bonds is 7. The Hall–Kier alpha value is -2.17. The first-order valence-corrected chi connectivity index (χ1v) is 9.18. The maximum Gasteiger partial charge on any atom is 0.275 e. The smallest absolute Gasteiger partial charge is 0.275 e. The Morgan fingerprint density at radius 1 is 1.32 bits per heavy atom. The molecule has 0 saturated carbocycles. The number of hydrogen-bond acceptors (Lipinski definition) is 2. The number of nitrogens with zero attached hydrogens (tertiary/aromatic N) is 2. The lowest BCUT2D eigenvalue weighted by molar-refractivity contribution is 0.0704. The van der Waals surface area contributed by atoms with Crippen molar-refractivity contribution in [3.8, 4) is 0 Å². The van der Waals surface area contributed by atoms with E-state index in [9.17, 15) is 9.18 Å². The molecule has 0 bridgehead atoms. The second-order valence-electron chi connectivity index (χ2n) is 6.91. The summed E-state index contributed by atoms with van der Waals surface area (Å²) in [4.78, 5) is 14.8. The van der Waals surface area contributed by atoms with Crippen LogP contribution in [0.3, 0.4) is 0 Å². The van der Waals surface area contributed by atoms with E-state index in [2.05, 4.69) is 24.0 Å². The van der Waals surface area contributed by atoms with E-state index in [0.717, 1.165) is 36.9 Å². The minimum atomic E-state index is -0.391. The van der Waals surface area contributed by atoms with Crippen molar-refractivity contribution in [1.82, 2.24) is 15.1 Å². The number of aromatic amines is 1. The van der Waals surface area contributed by atoms with E-state index in [1.165, 1.54) is 6.07 Å². The summed E-state index contributed by atoms with van der Waals surface area (Å²) in [5.41, 5.74) is 2.64. The molecule has 134 valence electrons. The van der Waals surface area contributed by atoms with E-state index in [-0.39, 0.29) is 11.7 Å². The van der Waals surface area contributed by atoms with Crippen LogP contribution in [-0.2, 0) is 0 Å². The summed E-state index contributed by atoms with van der Waals surface area (Å²) in [6, 6.07) is 6.34. The first kappa shape index (κ1) is 17.6. The fourth-order valence-corrected chi connectivity index (χ4v) is 3.75. The van der Waals surface area contributed by atoms with Crippen LogP contribution < -0.4 is 0 Å². The summed E-state index contributed by atoms with van der Waals surface area (Å²) in [5, 5.41) is 7.08. The first-order chi connectivity index (χ1) is 12.1. The van der Waals surface area contributed by atoms with Gasteiger partial charge in [-0.1, -0.05) is 51.3 Å². The van der Waals surface area contributed by atoms with Crippen molar-refractivity contribution < 1.29 is 9.18 Å². The van der Waals surface area contributed by atoms with Crippen molar-refractivity contribution in [3.05, 3.63) is 52.6 Å². The first-order valence-electron chi connectivity index (χ1n) is 9.18. The summed E-state index contributed by atoms with van der Waals surface area (Å²) in [6.45, 7) is 6.87. The standard InChI is InChI=1S/C20H26FN3O/c1-4-6-9-14(5-2)12-24-19(15-10-7-8-11-16(15)21)17-13(3)22-23-18(17)20(24)25/h7-8,10-11,14,19H,4-6,9,12H2,1-3H3,(H,22,23)/t14-,19+/m0/s1. The average Bonchev–Trinajstić information content (AvgIpc) is 3.11. The second-order valence-corrected chi connectivity index (χ2v) is 6.91. The fraction of sp³-hybridized carbons (Fsp3) is 0.500. The maximum absolute atomic E-state index is 14.5. The number of aromatic nitrogens is 2. The molecule has 1 aliphatic heterocycles. The molecule has 2 aromatic rings. The Bertz CT molecular complexity index is 755. The zero-order chi connectivity index (χ0) is 18.0. The molecule has 2 atom stereocenters. The molecule has 25 heavy (non-hydrogen) atoms. The highest BCUT2D eigenvalue weighted by atomic mass is 19.1. The highest BCUT2D eigenvalue weighted by Gasteiger charge is 2.42. The van der Waals surface area contributed by atoms with Gasteiger partial charge in [-0.25, -0.2) is 4.39 Å². The molecular weight excluding hydrogens is 317 g/mol. The highest BCUT2D eigenvalue weighted by molar-refractivity contribution is 5.98. The number of benzene rings is 1. The summed E-state index contributed by atoms with van der Waals surface area (Å²) >= 11 is 0. The lowest BCUT2D eigenvalue weighted by atomic mass is 9.95. The molecule has 0 radical (unpaired) electrons. The van der Waals surface area contributed by atoms with Gasteiger partial charge in [0.1, 0.15) is 5.82 Å². The topological polar surface area (TPSA) is 49.0 Å². The predicted octanol–water partition coefficient (Wildman–Crippen LogP) is 4.62. The van der Waals surface area contributed by atoms with Crippen LogP contribution in [0.4, 0.5) is 4.39 Å². The molecule has 1 aromatic heterocycles. The summed E-state index contributed by atoms with van der Waals surface area (Å²) in [7, 11) is 0. The van der Waals surface area contributed by atoms with Gasteiger partial charge in [0.05, 0.1) is 6.04 Å². The van der Waals surface area contributed by atoms with Gasteiger partial charge in [-0.3, -0.25) is 9.89 Å². The fourth-order valence-electron chi connectivity index (χ4n) is 3.75. The molecule has 5 heteroatoms. The third-order valence-electron chi connectivity index (χ3n) is 5.24. The molecule has 0 saturated heterocycles. The van der Waals surface area contributed by atoms with Crippen molar-refractivity contribution in [2.75, 3.05) is 6.54 Å². The monoisotopic (exact) mass is 343 g/mol. The molecular formula is C20H26FN3O. The molecule has 1 aromatic carbocycles. The lowest BCUT2D eigenvalue weighted by Gasteiger charge is -2.30. The Labute approximate surface area is 148 Å². The van der Waals surface area contributed by atoms with Gasteiger partial charge in [0, 0.05) is 23.4 Å². The largest absolute Gasteiger partial charge is 0.326 e. The molecule has 0 unspecified atom stereocenters. The van der Waals surface area contributed by atoms with Crippen LogP contribution in [0.1, 0.15) is 72.9 Å². The van der Waals surface area contributed by atoms with Crippen LogP contribution in [0.25, 0.3) is 0 Å². The van der Waals surface area contributed by atoms with Gasteiger partial charge in [-0.2, -0.15) is 5.10 Å². The van der Waals surface area contributed by atoms with Crippen molar-refractivity contribution in [2.24, 2.45) is 5.92 Å². The second kappa shape index (κ2) is 7.38. The molecule has 4 nitrogen and oxygen atoms in total. The van der Waals surface area contributed by atoms with Crippen molar-refractivity contribution in [1.29, 1.82) is 0 Å². The number of amides is 1. The van der Waals surface area contributed by atoms with Crippen molar-refractivity contribution in [3.63, 3.8) is 0 Å². The van der Waals surface area contributed by atoms with Crippen LogP contribution in [0.2, 0.25) is 0 Å². The number of hydrogen-bond donors (Lipinski definition) is 1. The summed E-state index contributed by atoms with van der Waals surface area (Å²) in [6.07, 6.45) is 4.39. The zero-order valence-electron chi connectivity index (χ0n) is 15.2. The van der Waals surface area contributed by atoms with Crippen molar-refractivity contribution >= 4 is 5.91 Å². The number of nitrogens with one attached hydrogen (secondary N) is 1. The van der Waals surface area contributed by atoms with Crippen LogP contribution in [-0.4, -0.2) is 27.5 Å². The van der Waals surface area contributed by atoms with Crippen LogP contribution in [0, 0.1) is 18.7 Å². The quantitative estimate of drug-likeness (QED) is 0.797. The zero-order valence-corrected chi connectivity index (χ0v) is 15.2. The molecule has 0 fully saturated rings. The molecule has 0 spiro atoms. The van der Waals surface area contributed by atoms with Crippen LogP contribution in [0.15, 0.2) is 24.3 Å². The Morgan fingerprint density at radius 2 is 2.08 bits per heavy atom. The van der Waals surface area contributed by atoms with E-state index in [4.69, 9.17) is 0 Å². The van der Waals surface area contributed by atoms with Crippen LogP contribution >= 0.6 is 0 Å². The molecule has 3 rings (SSSR count). The van der Waals surface area contributed by atoms with Gasteiger partial charge >= 0.3 is 0 Å². The van der Waals surface area contributed by atoms with Gasteiger partial charge in [0.15, 0.2) is 5.69 Å². The summed E-state index contributed by atoms with van der Waals surface area (Å²) in [5.74, 6) is 0.0503.